The minimum Gasteiger partial charge on any atom is -0.537 e. The summed E-state index contributed by atoms with van der Waals surface area (Å²) in [7, 11) is -0.622. The van der Waals surface area contributed by atoms with Crippen molar-refractivity contribution in [2.45, 2.75) is 0 Å². The molecule has 0 heterocycles. The normalized spacial score (nSPS) is 9.36. The summed E-state index contributed by atoms with van der Waals surface area (Å²) < 4.78 is 29.2. The van der Waals surface area contributed by atoms with Gasteiger partial charge in [-0.1, -0.05) is 0 Å². The number of halogens is 2. The minimum absolute atomic E-state index is 0.158. The molecule has 0 amide bonds. The molecule has 1 aromatic carbocycles. The third-order valence-electron chi connectivity index (χ3n) is 1.11. The van der Waals surface area contributed by atoms with Crippen molar-refractivity contribution < 1.29 is 18.5 Å². The number of benzene rings is 1. The van der Waals surface area contributed by atoms with Crippen molar-refractivity contribution in [3.63, 3.8) is 0 Å². The molecule has 0 unspecified atom stereocenters. The lowest BCUT2D eigenvalue weighted by molar-refractivity contribution is 0.429. The molecule has 0 saturated heterocycles. The van der Waals surface area contributed by atoms with Gasteiger partial charge in [-0.05, 0) is 12.1 Å². The third-order valence-corrected chi connectivity index (χ3v) is 1.11. The molecule has 0 radical (unpaired) electrons. The van der Waals surface area contributed by atoms with Crippen LogP contribution < -0.4 is 4.65 Å². The molecule has 1 aromatic rings. The molecule has 2 nitrogen and oxygen atoms in total. The quantitative estimate of drug-likeness (QED) is 0.638. The maximum absolute atomic E-state index is 12.6. The van der Waals surface area contributed by atoms with E-state index in [0.29, 0.717) is 6.07 Å². The standard InChI is InChI=1S/C6H5BF2O2/c8-4-1-2-6(11-7-10)5(9)3-4/h1-3,7,10H. The largest absolute Gasteiger partial charge is 0.537 e. The Kier molecular flexibility index (Phi) is 2.43. The third kappa shape index (κ3) is 1.91. The van der Waals surface area contributed by atoms with E-state index in [0.717, 1.165) is 12.1 Å². The van der Waals surface area contributed by atoms with Crippen molar-refractivity contribution in [2.24, 2.45) is 0 Å². The summed E-state index contributed by atoms with van der Waals surface area (Å²) in [5.74, 6) is -1.65. The van der Waals surface area contributed by atoms with Gasteiger partial charge in [0.25, 0.3) is 0 Å². The summed E-state index contributed by atoms with van der Waals surface area (Å²) in [5, 5.41) is 8.23. The average Bonchev–Trinajstić information content (AvgIpc) is 1.95. The molecule has 0 atom stereocenters. The molecular weight excluding hydrogens is 153 g/mol. The van der Waals surface area contributed by atoms with Crippen molar-refractivity contribution in [2.75, 3.05) is 0 Å². The zero-order valence-corrected chi connectivity index (χ0v) is 5.55. The maximum Gasteiger partial charge on any atom is 0.504 e. The Morgan fingerprint density at radius 3 is 2.64 bits per heavy atom. The van der Waals surface area contributed by atoms with Crippen LogP contribution in [0, 0.1) is 11.6 Å². The number of rotatable bonds is 2. The molecule has 11 heavy (non-hydrogen) atoms. The lowest BCUT2D eigenvalue weighted by Crippen LogP contribution is -2.01. The van der Waals surface area contributed by atoms with E-state index in [1.807, 2.05) is 0 Å². The Bertz CT molecular complexity index is 254. The lowest BCUT2D eigenvalue weighted by Gasteiger charge is -2.01. The first-order valence-corrected chi connectivity index (χ1v) is 2.93. The molecule has 5 heteroatoms. The molecule has 0 aromatic heterocycles. The fraction of sp³-hybridized carbons (Fsp3) is 0. The molecule has 0 aliphatic rings. The highest BCUT2D eigenvalue weighted by molar-refractivity contribution is 6.17. The summed E-state index contributed by atoms with van der Waals surface area (Å²) >= 11 is 0. The number of hydrogen-bond acceptors (Lipinski definition) is 2. The van der Waals surface area contributed by atoms with E-state index < -0.39 is 19.3 Å². The van der Waals surface area contributed by atoms with Gasteiger partial charge in [-0.25, -0.2) is 8.78 Å². The summed E-state index contributed by atoms with van der Waals surface area (Å²) in [6.45, 7) is 0. The molecule has 1 rings (SSSR count). The van der Waals surface area contributed by atoms with Crippen molar-refractivity contribution in [1.82, 2.24) is 0 Å². The minimum atomic E-state index is -0.820. The second-order valence-corrected chi connectivity index (χ2v) is 1.85. The molecule has 0 spiro atoms. The predicted molar refractivity (Wildman–Crippen MR) is 36.4 cm³/mol. The van der Waals surface area contributed by atoms with Gasteiger partial charge in [0.1, 0.15) is 11.6 Å². The van der Waals surface area contributed by atoms with Crippen LogP contribution in [0.5, 0.6) is 5.75 Å². The molecule has 1 N–H and O–H groups in total. The first-order valence-electron chi connectivity index (χ1n) is 2.93. The van der Waals surface area contributed by atoms with Crippen molar-refractivity contribution in [3.8, 4) is 5.75 Å². The van der Waals surface area contributed by atoms with Gasteiger partial charge in [-0.15, -0.1) is 0 Å². The Balaban J connectivity index is 2.90. The summed E-state index contributed by atoms with van der Waals surface area (Å²) in [6, 6.07) is 2.85. The van der Waals surface area contributed by atoms with E-state index in [1.165, 1.54) is 0 Å². The molecule has 58 valence electrons. The lowest BCUT2D eigenvalue weighted by atomic mass is 10.3. The van der Waals surface area contributed by atoms with E-state index in [9.17, 15) is 8.78 Å². The maximum atomic E-state index is 12.6. The molecule has 0 aliphatic heterocycles. The first-order chi connectivity index (χ1) is 5.24. The highest BCUT2D eigenvalue weighted by Gasteiger charge is 2.03. The molecule has 0 fully saturated rings. The van der Waals surface area contributed by atoms with Crippen LogP contribution in [0.4, 0.5) is 8.78 Å². The monoisotopic (exact) mass is 158 g/mol. The number of hydrogen-bond donors (Lipinski definition) is 1. The van der Waals surface area contributed by atoms with E-state index in [2.05, 4.69) is 4.65 Å². The average molecular weight is 158 g/mol. The highest BCUT2D eigenvalue weighted by Crippen LogP contribution is 2.16. The van der Waals surface area contributed by atoms with Gasteiger partial charge in [-0.3, -0.25) is 0 Å². The smallest absolute Gasteiger partial charge is 0.504 e. The van der Waals surface area contributed by atoms with E-state index in [-0.39, 0.29) is 5.75 Å². The SMILES string of the molecule is OBOc1ccc(F)cc1F. The Morgan fingerprint density at radius 1 is 1.36 bits per heavy atom. The first kappa shape index (κ1) is 8.01. The Morgan fingerprint density at radius 2 is 2.09 bits per heavy atom. The van der Waals surface area contributed by atoms with Crippen LogP contribution in [0.1, 0.15) is 0 Å². The Hall–Kier alpha value is -1.10. The summed E-state index contributed by atoms with van der Waals surface area (Å²) in [5.41, 5.74) is 0. The molecular formula is C6H5BF2O2. The van der Waals surface area contributed by atoms with Gasteiger partial charge in [0.15, 0.2) is 5.82 Å². The van der Waals surface area contributed by atoms with Crippen LogP contribution in [-0.2, 0) is 0 Å². The zero-order chi connectivity index (χ0) is 8.27. The molecule has 0 bridgehead atoms. The van der Waals surface area contributed by atoms with Crippen LogP contribution in [0.3, 0.4) is 0 Å². The fourth-order valence-electron chi connectivity index (χ4n) is 0.662. The molecule has 0 aliphatic carbocycles. The zero-order valence-electron chi connectivity index (χ0n) is 5.55. The van der Waals surface area contributed by atoms with E-state index in [1.54, 1.807) is 0 Å². The second kappa shape index (κ2) is 3.34. The topological polar surface area (TPSA) is 29.5 Å². The fourth-order valence-corrected chi connectivity index (χ4v) is 0.662. The van der Waals surface area contributed by atoms with Crippen LogP contribution in [-0.4, -0.2) is 12.7 Å². The Labute approximate surface area is 62.7 Å². The van der Waals surface area contributed by atoms with Gasteiger partial charge < -0.3 is 9.68 Å². The van der Waals surface area contributed by atoms with Gasteiger partial charge in [0.2, 0.25) is 0 Å². The van der Waals surface area contributed by atoms with E-state index in [4.69, 9.17) is 5.02 Å². The van der Waals surface area contributed by atoms with Gasteiger partial charge in [0, 0.05) is 6.07 Å². The van der Waals surface area contributed by atoms with Crippen LogP contribution in [0.15, 0.2) is 18.2 Å². The van der Waals surface area contributed by atoms with Gasteiger partial charge in [-0.2, -0.15) is 0 Å². The predicted octanol–water partition coefficient (Wildman–Crippen LogP) is 0.602. The summed E-state index contributed by atoms with van der Waals surface area (Å²) in [4.78, 5) is 0. The van der Waals surface area contributed by atoms with Crippen molar-refractivity contribution >= 4 is 7.69 Å². The molecule has 0 saturated carbocycles. The highest BCUT2D eigenvalue weighted by atomic mass is 19.1. The van der Waals surface area contributed by atoms with Crippen molar-refractivity contribution in [1.29, 1.82) is 0 Å². The summed E-state index contributed by atoms with van der Waals surface area (Å²) in [6.07, 6.45) is 0. The van der Waals surface area contributed by atoms with Crippen LogP contribution in [0.2, 0.25) is 0 Å². The van der Waals surface area contributed by atoms with Crippen LogP contribution >= 0.6 is 0 Å². The van der Waals surface area contributed by atoms with Gasteiger partial charge in [0.05, 0.1) is 0 Å². The van der Waals surface area contributed by atoms with Crippen LogP contribution in [0.25, 0.3) is 0 Å². The van der Waals surface area contributed by atoms with Gasteiger partial charge >= 0.3 is 7.69 Å². The van der Waals surface area contributed by atoms with E-state index >= 15 is 0 Å². The second-order valence-electron chi connectivity index (χ2n) is 1.85. The van der Waals surface area contributed by atoms with Crippen molar-refractivity contribution in [3.05, 3.63) is 29.8 Å².